The van der Waals surface area contributed by atoms with Gasteiger partial charge in [0.2, 0.25) is 5.91 Å². The Kier molecular flexibility index (Phi) is 43.8. The van der Waals surface area contributed by atoms with Crippen LogP contribution < -0.4 is 5.32 Å². The molecular weight excluding hydrogens is 651 g/mol. The van der Waals surface area contributed by atoms with E-state index in [1.54, 1.807) is 6.08 Å². The third-order valence-corrected chi connectivity index (χ3v) is 10.8. The Labute approximate surface area is 331 Å². The van der Waals surface area contributed by atoms with Crippen LogP contribution in [0.15, 0.2) is 36.5 Å². The van der Waals surface area contributed by atoms with Crippen molar-refractivity contribution in [3.8, 4) is 0 Å². The second-order valence-corrected chi connectivity index (χ2v) is 16.2. The van der Waals surface area contributed by atoms with E-state index in [1.165, 1.54) is 186 Å². The molecule has 53 heavy (non-hydrogen) atoms. The molecule has 3 N–H and O–H groups in total. The number of hydrogen-bond donors (Lipinski definition) is 3. The second kappa shape index (κ2) is 45.0. The van der Waals surface area contributed by atoms with E-state index >= 15 is 0 Å². The van der Waals surface area contributed by atoms with E-state index in [0.29, 0.717) is 6.42 Å². The van der Waals surface area contributed by atoms with E-state index in [1.807, 2.05) is 6.08 Å². The number of carbonyl (C=O) groups is 1. The molecule has 0 heterocycles. The molecular formula is C49H93NO3. The van der Waals surface area contributed by atoms with Gasteiger partial charge in [-0.3, -0.25) is 4.79 Å². The van der Waals surface area contributed by atoms with Crippen molar-refractivity contribution in [2.45, 2.75) is 264 Å². The minimum absolute atomic E-state index is 0.0853. The Bertz CT molecular complexity index is 806. The predicted octanol–water partition coefficient (Wildman–Crippen LogP) is 15.0. The third kappa shape index (κ3) is 41.6. The van der Waals surface area contributed by atoms with Crippen LogP contribution in [-0.2, 0) is 4.79 Å². The Morgan fingerprint density at radius 3 is 1.17 bits per heavy atom. The molecule has 0 saturated heterocycles. The molecule has 4 heteroatoms. The lowest BCUT2D eigenvalue weighted by Gasteiger charge is -2.19. The van der Waals surface area contributed by atoms with Crippen molar-refractivity contribution in [3.63, 3.8) is 0 Å². The summed E-state index contributed by atoms with van der Waals surface area (Å²) in [6, 6.07) is -0.641. The van der Waals surface area contributed by atoms with Crippen molar-refractivity contribution in [2.75, 3.05) is 6.61 Å². The lowest BCUT2D eigenvalue weighted by Crippen LogP contribution is -2.45. The maximum absolute atomic E-state index is 12.3. The molecule has 0 aliphatic carbocycles. The van der Waals surface area contributed by atoms with Gasteiger partial charge in [-0.25, -0.2) is 0 Å². The molecule has 0 aromatic rings. The van der Waals surface area contributed by atoms with Crippen molar-refractivity contribution in [1.82, 2.24) is 5.32 Å². The molecule has 0 spiro atoms. The number of nitrogens with one attached hydrogen (secondary N) is 1. The number of rotatable bonds is 43. The van der Waals surface area contributed by atoms with Gasteiger partial charge in [-0.2, -0.15) is 0 Å². The summed E-state index contributed by atoms with van der Waals surface area (Å²) in [5.74, 6) is -0.0853. The van der Waals surface area contributed by atoms with Gasteiger partial charge in [-0.05, 0) is 51.4 Å². The molecule has 2 atom stereocenters. The summed E-state index contributed by atoms with van der Waals surface area (Å²) in [4.78, 5) is 12.3. The van der Waals surface area contributed by atoms with Gasteiger partial charge in [0.1, 0.15) is 0 Å². The first-order valence-electron chi connectivity index (χ1n) is 23.7. The number of amides is 1. The Balaban J connectivity index is 3.47. The molecule has 0 rings (SSSR count). The highest BCUT2D eigenvalue weighted by Crippen LogP contribution is 2.16. The summed E-state index contributed by atoms with van der Waals surface area (Å²) in [6.07, 6.45) is 60.1. The molecule has 0 aliphatic heterocycles. The molecule has 0 aromatic heterocycles. The van der Waals surface area contributed by atoms with Crippen molar-refractivity contribution in [2.24, 2.45) is 0 Å². The summed E-state index contributed by atoms with van der Waals surface area (Å²) in [6.45, 7) is 4.24. The predicted molar refractivity (Wildman–Crippen MR) is 235 cm³/mol. The zero-order valence-electron chi connectivity index (χ0n) is 35.8. The highest BCUT2D eigenvalue weighted by molar-refractivity contribution is 5.76. The van der Waals surface area contributed by atoms with Crippen molar-refractivity contribution < 1.29 is 15.0 Å². The van der Waals surface area contributed by atoms with Crippen LogP contribution in [-0.4, -0.2) is 34.9 Å². The van der Waals surface area contributed by atoms with Crippen LogP contribution in [0.3, 0.4) is 0 Å². The first-order valence-corrected chi connectivity index (χ1v) is 23.7. The number of aliphatic hydroxyl groups excluding tert-OH is 2. The molecule has 0 aliphatic rings. The summed E-state index contributed by atoms with van der Waals surface area (Å²) in [5.41, 5.74) is 0. The monoisotopic (exact) mass is 744 g/mol. The second-order valence-electron chi connectivity index (χ2n) is 16.2. The minimum Gasteiger partial charge on any atom is -0.394 e. The molecule has 4 nitrogen and oxygen atoms in total. The molecule has 0 bridgehead atoms. The summed E-state index contributed by atoms with van der Waals surface area (Å²) < 4.78 is 0. The molecule has 1 amide bonds. The topological polar surface area (TPSA) is 69.6 Å². The van der Waals surface area contributed by atoms with Crippen LogP contribution in [0.5, 0.6) is 0 Å². The van der Waals surface area contributed by atoms with Crippen LogP contribution in [0.2, 0.25) is 0 Å². The van der Waals surface area contributed by atoms with E-state index in [4.69, 9.17) is 0 Å². The minimum atomic E-state index is -0.864. The van der Waals surface area contributed by atoms with Crippen molar-refractivity contribution in [1.29, 1.82) is 0 Å². The van der Waals surface area contributed by atoms with Gasteiger partial charge in [-0.1, -0.05) is 230 Å². The average molecular weight is 744 g/mol. The summed E-state index contributed by atoms with van der Waals surface area (Å²) >= 11 is 0. The van der Waals surface area contributed by atoms with Gasteiger partial charge in [0, 0.05) is 6.42 Å². The third-order valence-electron chi connectivity index (χ3n) is 10.8. The van der Waals surface area contributed by atoms with Gasteiger partial charge >= 0.3 is 0 Å². The molecule has 312 valence electrons. The zero-order chi connectivity index (χ0) is 38.6. The Morgan fingerprint density at radius 1 is 0.434 bits per heavy atom. The van der Waals surface area contributed by atoms with Crippen LogP contribution in [0, 0.1) is 0 Å². The SMILES string of the molecule is CCC/C=C\CCCCCCCC(=O)NC(CO)C(O)/C=C/CC/C=C/CCCCCCCCCCCCCCCCCCCCCCCCCCC. The van der Waals surface area contributed by atoms with Crippen LogP contribution >= 0.6 is 0 Å². The van der Waals surface area contributed by atoms with Gasteiger partial charge in [-0.15, -0.1) is 0 Å². The molecule has 0 radical (unpaired) electrons. The van der Waals surface area contributed by atoms with E-state index < -0.39 is 12.1 Å². The van der Waals surface area contributed by atoms with Crippen LogP contribution in [0.4, 0.5) is 0 Å². The first kappa shape index (κ1) is 51.6. The smallest absolute Gasteiger partial charge is 0.220 e. The maximum Gasteiger partial charge on any atom is 0.220 e. The Morgan fingerprint density at radius 2 is 0.774 bits per heavy atom. The van der Waals surface area contributed by atoms with E-state index in [9.17, 15) is 15.0 Å². The first-order chi connectivity index (χ1) is 26.2. The highest BCUT2D eigenvalue weighted by atomic mass is 16.3. The molecule has 0 saturated carbocycles. The quantitative estimate of drug-likeness (QED) is 0.0430. The van der Waals surface area contributed by atoms with E-state index in [-0.39, 0.29) is 12.5 Å². The number of aliphatic hydroxyl groups is 2. The average Bonchev–Trinajstić information content (AvgIpc) is 3.16. The van der Waals surface area contributed by atoms with Gasteiger partial charge < -0.3 is 15.5 Å². The number of unbranched alkanes of at least 4 members (excludes halogenated alkanes) is 32. The lowest BCUT2D eigenvalue weighted by molar-refractivity contribution is -0.123. The van der Waals surface area contributed by atoms with Crippen molar-refractivity contribution >= 4 is 5.91 Å². The molecule has 2 unspecified atom stereocenters. The summed E-state index contributed by atoms with van der Waals surface area (Å²) in [5, 5.41) is 22.9. The Hall–Kier alpha value is -1.39. The largest absolute Gasteiger partial charge is 0.394 e. The van der Waals surface area contributed by atoms with Crippen LogP contribution in [0.1, 0.15) is 251 Å². The van der Waals surface area contributed by atoms with Gasteiger partial charge in [0.15, 0.2) is 0 Å². The number of carbonyl (C=O) groups excluding carboxylic acids is 1. The fourth-order valence-corrected chi connectivity index (χ4v) is 7.20. The number of hydrogen-bond acceptors (Lipinski definition) is 3. The summed E-state index contributed by atoms with van der Waals surface area (Å²) in [7, 11) is 0. The normalized spacial score (nSPS) is 13.2. The van der Waals surface area contributed by atoms with Gasteiger partial charge in [0.05, 0.1) is 18.8 Å². The fraction of sp³-hybridized carbons (Fsp3) is 0.857. The number of allylic oxidation sites excluding steroid dienone is 5. The lowest BCUT2D eigenvalue weighted by atomic mass is 10.0. The zero-order valence-corrected chi connectivity index (χ0v) is 35.8. The van der Waals surface area contributed by atoms with Gasteiger partial charge in [0.25, 0.3) is 0 Å². The molecule has 0 fully saturated rings. The fourth-order valence-electron chi connectivity index (χ4n) is 7.20. The van der Waals surface area contributed by atoms with Crippen molar-refractivity contribution in [3.05, 3.63) is 36.5 Å². The molecule has 0 aromatic carbocycles. The highest BCUT2D eigenvalue weighted by Gasteiger charge is 2.17. The standard InChI is InChI=1S/C49H93NO3/c1-3-5-7-9-11-13-15-16-17-18-19-20-21-22-23-24-25-26-27-28-29-30-31-32-33-34-35-36-38-40-42-44-48(52)47(46-51)50-49(53)45-43-41-39-37-14-12-10-8-6-4-2/h8,10,35-36,42,44,47-48,51-52H,3-7,9,11-34,37-41,43,45-46H2,1-2H3,(H,50,53)/b10-8-,36-35+,44-42+. The van der Waals surface area contributed by atoms with Crippen LogP contribution in [0.25, 0.3) is 0 Å². The van der Waals surface area contributed by atoms with E-state index in [0.717, 1.165) is 44.9 Å². The van der Waals surface area contributed by atoms with E-state index in [2.05, 4.69) is 43.5 Å². The maximum atomic E-state index is 12.3.